The first-order chi connectivity index (χ1) is 16.1. The third-order valence-electron chi connectivity index (χ3n) is 6.78. The number of likely N-dealkylation sites (N-methyl/N-ethyl adjacent to an activating group) is 1. The average molecular weight is 481 g/mol. The largest absolute Gasteiger partial charge is 0.341 e. The number of fused-ring (bicyclic) bond motifs is 1. The average Bonchev–Trinajstić information content (AvgIpc) is 3.61. The number of hydrogen-bond donors (Lipinski definition) is 1. The highest BCUT2D eigenvalue weighted by molar-refractivity contribution is 7.99. The number of carbonyl (C=O) groups excluding carboxylic acids is 1. The molecule has 5 nitrogen and oxygen atoms in total. The minimum atomic E-state index is -0.554. The first-order valence-electron chi connectivity index (χ1n) is 11.2. The number of nitrogens with zero attached hydrogens (tertiary/aromatic N) is 3. The molecule has 1 amide bonds. The second-order valence-corrected chi connectivity index (χ2v) is 10.9. The van der Waals surface area contributed by atoms with E-state index in [0.29, 0.717) is 28.9 Å². The molecule has 0 atom stereocenters. The van der Waals surface area contributed by atoms with Gasteiger partial charge >= 0.3 is 0 Å². The van der Waals surface area contributed by atoms with Gasteiger partial charge in [0.05, 0.1) is 6.20 Å². The van der Waals surface area contributed by atoms with Gasteiger partial charge in [0.2, 0.25) is 5.95 Å². The number of rotatable bonds is 5. The van der Waals surface area contributed by atoms with Crippen molar-refractivity contribution in [2.45, 2.75) is 36.9 Å². The summed E-state index contributed by atoms with van der Waals surface area (Å²) in [6.45, 7) is 4.70. The Hall–Kier alpha value is -3.00. The summed E-state index contributed by atoms with van der Waals surface area (Å²) in [7, 11) is 1.79. The zero-order chi connectivity index (χ0) is 24.3. The molecule has 8 heteroatoms. The fourth-order valence-corrected chi connectivity index (χ4v) is 5.69. The Morgan fingerprint density at radius 1 is 1.06 bits per heavy atom. The highest BCUT2D eigenvalue weighted by Gasteiger charge is 2.45. The van der Waals surface area contributed by atoms with Crippen molar-refractivity contribution in [1.29, 1.82) is 0 Å². The van der Waals surface area contributed by atoms with E-state index in [-0.39, 0.29) is 33.5 Å². The molecular formula is C26H26F2N4OS. The molecule has 0 saturated heterocycles. The molecule has 0 unspecified atom stereocenters. The SMILES string of the molecule is CSC1(c2cc(Nc3ncc(F)c(-c4ccc5c(c4)C(C)(C)CN(C)C5=O)n3)ccc2F)CC1. The van der Waals surface area contributed by atoms with Gasteiger partial charge in [-0.05, 0) is 55.0 Å². The van der Waals surface area contributed by atoms with Gasteiger partial charge in [0.15, 0.2) is 5.82 Å². The summed E-state index contributed by atoms with van der Waals surface area (Å²) >= 11 is 1.66. The van der Waals surface area contributed by atoms with Gasteiger partial charge in [-0.1, -0.05) is 19.9 Å². The van der Waals surface area contributed by atoms with Crippen molar-refractivity contribution in [3.63, 3.8) is 0 Å². The Kier molecular flexibility index (Phi) is 5.39. The Morgan fingerprint density at radius 2 is 1.82 bits per heavy atom. The van der Waals surface area contributed by atoms with E-state index in [0.717, 1.165) is 24.6 Å². The van der Waals surface area contributed by atoms with Crippen LogP contribution in [0.1, 0.15) is 48.2 Å². The zero-order valence-electron chi connectivity index (χ0n) is 19.6. The van der Waals surface area contributed by atoms with Crippen LogP contribution in [-0.2, 0) is 10.2 Å². The van der Waals surface area contributed by atoms with E-state index < -0.39 is 5.82 Å². The van der Waals surface area contributed by atoms with E-state index in [1.807, 2.05) is 12.3 Å². The van der Waals surface area contributed by atoms with Crippen LogP contribution in [0.2, 0.25) is 0 Å². The van der Waals surface area contributed by atoms with Crippen molar-refractivity contribution < 1.29 is 13.6 Å². The summed E-state index contributed by atoms with van der Waals surface area (Å²) in [4.78, 5) is 22.8. The third-order valence-corrected chi connectivity index (χ3v) is 8.19. The molecule has 0 radical (unpaired) electrons. The number of benzene rings is 2. The Labute approximate surface area is 202 Å². The Bertz CT molecular complexity index is 1310. The predicted octanol–water partition coefficient (Wildman–Crippen LogP) is 5.88. The van der Waals surface area contributed by atoms with Gasteiger partial charge in [-0.25, -0.2) is 18.7 Å². The van der Waals surface area contributed by atoms with Crippen LogP contribution in [0.15, 0.2) is 42.6 Å². The van der Waals surface area contributed by atoms with E-state index >= 15 is 0 Å². The van der Waals surface area contributed by atoms with Gasteiger partial charge < -0.3 is 10.2 Å². The molecule has 1 fully saturated rings. The van der Waals surface area contributed by atoms with Gasteiger partial charge in [0.1, 0.15) is 11.5 Å². The van der Waals surface area contributed by atoms with Gasteiger partial charge in [0.25, 0.3) is 5.91 Å². The molecule has 0 spiro atoms. The maximum atomic E-state index is 14.8. The van der Waals surface area contributed by atoms with Crippen LogP contribution >= 0.6 is 11.8 Å². The van der Waals surface area contributed by atoms with E-state index in [9.17, 15) is 13.6 Å². The summed E-state index contributed by atoms with van der Waals surface area (Å²) in [6.07, 6.45) is 5.01. The summed E-state index contributed by atoms with van der Waals surface area (Å²) in [6, 6.07) is 10.2. The molecular weight excluding hydrogens is 454 g/mol. The minimum absolute atomic E-state index is 0.0443. The lowest BCUT2D eigenvalue weighted by atomic mass is 9.77. The Morgan fingerprint density at radius 3 is 2.53 bits per heavy atom. The maximum Gasteiger partial charge on any atom is 0.253 e. The molecule has 1 saturated carbocycles. The van der Waals surface area contributed by atoms with Gasteiger partial charge in [-0.3, -0.25) is 4.79 Å². The summed E-state index contributed by atoms with van der Waals surface area (Å²) < 4.78 is 29.1. The number of nitrogens with one attached hydrogen (secondary N) is 1. The number of amides is 1. The van der Waals surface area contributed by atoms with E-state index in [4.69, 9.17) is 0 Å². The fourth-order valence-electron chi connectivity index (χ4n) is 4.80. The van der Waals surface area contributed by atoms with Crippen LogP contribution in [0, 0.1) is 11.6 Å². The normalized spacial score (nSPS) is 17.9. The molecule has 2 aromatic carbocycles. The van der Waals surface area contributed by atoms with Crippen molar-refractivity contribution in [2.75, 3.05) is 25.2 Å². The molecule has 1 aliphatic heterocycles. The number of hydrogen-bond acceptors (Lipinski definition) is 5. The third kappa shape index (κ3) is 3.83. The van der Waals surface area contributed by atoms with Crippen molar-refractivity contribution in [3.05, 3.63) is 70.9 Å². The van der Waals surface area contributed by atoms with Crippen LogP contribution in [0.5, 0.6) is 0 Å². The van der Waals surface area contributed by atoms with Crippen LogP contribution < -0.4 is 5.32 Å². The summed E-state index contributed by atoms with van der Waals surface area (Å²) in [5.74, 6) is -0.607. The second-order valence-electron chi connectivity index (χ2n) is 9.71. The number of aromatic nitrogens is 2. The van der Waals surface area contributed by atoms with Crippen molar-refractivity contribution in [1.82, 2.24) is 14.9 Å². The topological polar surface area (TPSA) is 58.1 Å². The minimum Gasteiger partial charge on any atom is -0.341 e. The van der Waals surface area contributed by atoms with Crippen LogP contribution in [-0.4, -0.2) is 40.6 Å². The molecule has 1 aliphatic carbocycles. The van der Waals surface area contributed by atoms with E-state index in [1.165, 1.54) is 6.07 Å². The number of halogens is 2. The van der Waals surface area contributed by atoms with Crippen molar-refractivity contribution in [3.8, 4) is 11.3 Å². The van der Waals surface area contributed by atoms with E-state index in [2.05, 4.69) is 29.1 Å². The molecule has 0 bridgehead atoms. The predicted molar refractivity (Wildman–Crippen MR) is 132 cm³/mol. The molecule has 1 N–H and O–H groups in total. The molecule has 34 heavy (non-hydrogen) atoms. The monoisotopic (exact) mass is 480 g/mol. The first-order valence-corrected chi connectivity index (χ1v) is 12.4. The quantitative estimate of drug-likeness (QED) is 0.494. The lowest BCUT2D eigenvalue weighted by molar-refractivity contribution is 0.0737. The lowest BCUT2D eigenvalue weighted by Crippen LogP contribution is -2.44. The molecule has 5 rings (SSSR count). The summed E-state index contributed by atoms with van der Waals surface area (Å²) in [5, 5.41) is 3.10. The lowest BCUT2D eigenvalue weighted by Gasteiger charge is -2.37. The zero-order valence-corrected chi connectivity index (χ0v) is 20.4. The highest BCUT2D eigenvalue weighted by atomic mass is 32.2. The van der Waals surface area contributed by atoms with Crippen LogP contribution in [0.4, 0.5) is 20.4 Å². The van der Waals surface area contributed by atoms with Crippen molar-refractivity contribution in [2.24, 2.45) is 0 Å². The smallest absolute Gasteiger partial charge is 0.253 e. The van der Waals surface area contributed by atoms with Gasteiger partial charge in [0, 0.05) is 46.1 Å². The highest BCUT2D eigenvalue weighted by Crippen LogP contribution is 2.57. The molecule has 2 heterocycles. The van der Waals surface area contributed by atoms with Crippen molar-refractivity contribution >= 4 is 29.3 Å². The molecule has 176 valence electrons. The summed E-state index contributed by atoms with van der Waals surface area (Å²) in [5.41, 5.74) is 3.25. The standard InChI is InChI=1S/C26H26F2N4OS/c1-25(2)14-32(3)23(33)17-7-5-15(11-18(17)25)22-21(28)13-29-24(31-22)30-16-6-8-20(27)19(12-16)26(34-4)9-10-26/h5-8,11-13H,9-10,14H2,1-4H3,(H,29,30,31). The number of anilines is 2. The maximum absolute atomic E-state index is 14.8. The fraction of sp³-hybridized carbons (Fsp3) is 0.346. The molecule has 1 aromatic heterocycles. The van der Waals surface area contributed by atoms with Gasteiger partial charge in [-0.2, -0.15) is 11.8 Å². The molecule has 3 aromatic rings. The first kappa shape index (κ1) is 22.8. The van der Waals surface area contributed by atoms with E-state index in [1.54, 1.807) is 48.0 Å². The van der Waals surface area contributed by atoms with Gasteiger partial charge in [-0.15, -0.1) is 0 Å². The second kappa shape index (κ2) is 8.05. The Balaban J connectivity index is 1.49. The number of thioether (sulfide) groups is 1. The van der Waals surface area contributed by atoms with Crippen LogP contribution in [0.25, 0.3) is 11.3 Å². The number of carbonyl (C=O) groups is 1. The molecule has 2 aliphatic rings. The van der Waals surface area contributed by atoms with Crippen LogP contribution in [0.3, 0.4) is 0 Å².